The van der Waals surface area contributed by atoms with Crippen LogP contribution >= 0.6 is 0 Å². The molecule has 0 saturated carbocycles. The van der Waals surface area contributed by atoms with Crippen molar-refractivity contribution in [3.63, 3.8) is 0 Å². The molecule has 6 nitrogen and oxygen atoms in total. The number of rotatable bonds is 6. The van der Waals surface area contributed by atoms with Gasteiger partial charge in [0.05, 0.1) is 4.90 Å². The van der Waals surface area contributed by atoms with Gasteiger partial charge in [-0.25, -0.2) is 13.1 Å². The minimum atomic E-state index is -4.14. The van der Waals surface area contributed by atoms with E-state index in [1.54, 1.807) is 45.9 Å². The highest BCUT2D eigenvalue weighted by molar-refractivity contribution is 7.90. The Hall–Kier alpha value is -2.41. The molecule has 0 aliphatic carbocycles. The quantitative estimate of drug-likeness (QED) is 0.755. The lowest BCUT2D eigenvalue weighted by atomic mass is 9.68. The van der Waals surface area contributed by atoms with E-state index in [0.29, 0.717) is 0 Å². The van der Waals surface area contributed by atoms with E-state index >= 15 is 0 Å². The summed E-state index contributed by atoms with van der Waals surface area (Å²) in [6, 6.07) is 11.9. The van der Waals surface area contributed by atoms with Crippen LogP contribution in [0.4, 0.5) is 0 Å². The van der Waals surface area contributed by atoms with Gasteiger partial charge < -0.3 is 5.73 Å². The normalized spacial score (nSPS) is 12.5. The molecule has 3 N–H and O–H groups in total. The molecule has 0 bridgehead atoms. The predicted octanol–water partition coefficient (Wildman–Crippen LogP) is 2.43. The van der Waals surface area contributed by atoms with Crippen molar-refractivity contribution >= 4 is 32.6 Å². The van der Waals surface area contributed by atoms with E-state index in [9.17, 15) is 18.0 Å². The summed E-state index contributed by atoms with van der Waals surface area (Å²) < 4.78 is 27.5. The molecule has 0 fully saturated rings. The summed E-state index contributed by atoms with van der Waals surface area (Å²) in [7, 11) is -4.14. The summed E-state index contributed by atoms with van der Waals surface area (Å²) in [5, 5.41) is 1.62. The molecule has 0 spiro atoms. The Bertz CT molecular complexity index is 941. The number of nitrogens with one attached hydrogen (secondary N) is 1. The van der Waals surface area contributed by atoms with Gasteiger partial charge in [0.15, 0.2) is 0 Å². The van der Waals surface area contributed by atoms with Crippen LogP contribution in [0.5, 0.6) is 0 Å². The van der Waals surface area contributed by atoms with Crippen LogP contribution in [0.2, 0.25) is 0 Å². The number of sulfonamides is 1. The number of benzene rings is 2. The van der Waals surface area contributed by atoms with E-state index in [1.165, 1.54) is 12.1 Å². The van der Waals surface area contributed by atoms with Crippen molar-refractivity contribution in [1.29, 1.82) is 0 Å². The molecule has 0 aliphatic heterocycles. The number of carbonyl (C=O) groups is 2. The number of primary amides is 1. The van der Waals surface area contributed by atoms with Gasteiger partial charge in [0.1, 0.15) is 5.41 Å². The molecule has 0 aliphatic rings. The first kappa shape index (κ1) is 19.9. The SMILES string of the molecule is CC(C)C(C(N)=O)(C(=O)NS(=O)(=O)c1ccc2ccccc2c1)C(C)C. The second-order valence-corrected chi connectivity index (χ2v) is 8.67. The Kier molecular flexibility index (Phi) is 5.41. The standard InChI is InChI=1S/C19H24N2O4S/c1-12(2)19(13(3)4,17(20)22)18(23)21-26(24,25)16-10-9-14-7-5-6-8-15(14)11-16/h5-13H,1-4H3,(H2,20,22)(H,21,23). The van der Waals surface area contributed by atoms with Crippen molar-refractivity contribution in [3.05, 3.63) is 42.5 Å². The fraction of sp³-hybridized carbons (Fsp3) is 0.368. The predicted molar refractivity (Wildman–Crippen MR) is 101 cm³/mol. The van der Waals surface area contributed by atoms with Gasteiger partial charge in [0, 0.05) is 0 Å². The lowest BCUT2D eigenvalue weighted by molar-refractivity contribution is -0.147. The van der Waals surface area contributed by atoms with Crippen molar-refractivity contribution in [2.75, 3.05) is 0 Å². The van der Waals surface area contributed by atoms with Gasteiger partial charge in [0.2, 0.25) is 11.8 Å². The molecule has 26 heavy (non-hydrogen) atoms. The Morgan fingerprint density at radius 3 is 2.00 bits per heavy atom. The Morgan fingerprint density at radius 2 is 1.50 bits per heavy atom. The first-order valence-corrected chi connectivity index (χ1v) is 9.87. The summed E-state index contributed by atoms with van der Waals surface area (Å²) in [5.41, 5.74) is 3.89. The zero-order chi connectivity index (χ0) is 19.7. The maximum Gasteiger partial charge on any atom is 0.264 e. The van der Waals surface area contributed by atoms with Crippen LogP contribution in [0, 0.1) is 17.3 Å². The van der Waals surface area contributed by atoms with Crippen LogP contribution in [0.1, 0.15) is 27.7 Å². The molecule has 0 saturated heterocycles. The fourth-order valence-corrected chi connectivity index (χ4v) is 4.53. The van der Waals surface area contributed by atoms with Crippen LogP contribution in [0.15, 0.2) is 47.4 Å². The van der Waals surface area contributed by atoms with E-state index in [-0.39, 0.29) is 4.90 Å². The smallest absolute Gasteiger partial charge is 0.264 e. The number of hydrogen-bond donors (Lipinski definition) is 2. The van der Waals surface area contributed by atoms with Gasteiger partial charge in [-0.05, 0) is 34.7 Å². The van der Waals surface area contributed by atoms with Gasteiger partial charge in [0.25, 0.3) is 10.0 Å². The molecule has 140 valence electrons. The molecule has 0 atom stereocenters. The van der Waals surface area contributed by atoms with Crippen LogP contribution in [0.3, 0.4) is 0 Å². The largest absolute Gasteiger partial charge is 0.369 e. The molecule has 7 heteroatoms. The summed E-state index contributed by atoms with van der Waals surface area (Å²) >= 11 is 0. The highest BCUT2D eigenvalue weighted by Crippen LogP contribution is 2.36. The van der Waals surface area contributed by atoms with Gasteiger partial charge >= 0.3 is 0 Å². The molecule has 2 amide bonds. The molecular formula is C19H24N2O4S. The third-order valence-electron chi connectivity index (χ3n) is 4.86. The zero-order valence-corrected chi connectivity index (χ0v) is 16.1. The number of carbonyl (C=O) groups excluding carboxylic acids is 2. The molecule has 0 heterocycles. The van der Waals surface area contributed by atoms with E-state index in [4.69, 9.17) is 5.73 Å². The third-order valence-corrected chi connectivity index (χ3v) is 6.19. The van der Waals surface area contributed by atoms with Crippen LogP contribution in [-0.2, 0) is 19.6 Å². The first-order valence-electron chi connectivity index (χ1n) is 8.39. The van der Waals surface area contributed by atoms with Crippen molar-refractivity contribution in [2.45, 2.75) is 32.6 Å². The zero-order valence-electron chi connectivity index (χ0n) is 15.3. The maximum absolute atomic E-state index is 12.9. The minimum Gasteiger partial charge on any atom is -0.369 e. The van der Waals surface area contributed by atoms with E-state index in [0.717, 1.165) is 10.8 Å². The molecular weight excluding hydrogens is 352 g/mol. The maximum atomic E-state index is 12.9. The molecule has 0 aromatic heterocycles. The van der Waals surface area contributed by atoms with Crippen LogP contribution in [-0.4, -0.2) is 20.2 Å². The van der Waals surface area contributed by atoms with Gasteiger partial charge in [-0.3, -0.25) is 9.59 Å². The number of hydrogen-bond acceptors (Lipinski definition) is 4. The monoisotopic (exact) mass is 376 g/mol. The van der Waals surface area contributed by atoms with Gasteiger partial charge in [-0.2, -0.15) is 0 Å². The van der Waals surface area contributed by atoms with Gasteiger partial charge in [-0.15, -0.1) is 0 Å². The number of amides is 2. The van der Waals surface area contributed by atoms with Crippen molar-refractivity contribution < 1.29 is 18.0 Å². The minimum absolute atomic E-state index is 0.0459. The second kappa shape index (κ2) is 7.07. The summed E-state index contributed by atoms with van der Waals surface area (Å²) in [5.74, 6) is -2.67. The number of nitrogens with two attached hydrogens (primary N) is 1. The van der Waals surface area contributed by atoms with Crippen LogP contribution < -0.4 is 10.5 Å². The lowest BCUT2D eigenvalue weighted by Crippen LogP contribution is -2.57. The topological polar surface area (TPSA) is 106 Å². The van der Waals surface area contributed by atoms with Crippen LogP contribution in [0.25, 0.3) is 10.8 Å². The third kappa shape index (κ3) is 3.31. The average Bonchev–Trinajstić information content (AvgIpc) is 2.53. The summed E-state index contributed by atoms with van der Waals surface area (Å²) in [4.78, 5) is 24.9. The molecule has 0 radical (unpaired) electrons. The Morgan fingerprint density at radius 1 is 0.962 bits per heavy atom. The number of fused-ring (bicyclic) bond motifs is 1. The molecule has 2 rings (SSSR count). The first-order chi connectivity index (χ1) is 12.0. The van der Waals surface area contributed by atoms with Crippen molar-refractivity contribution in [2.24, 2.45) is 23.0 Å². The molecule has 2 aromatic carbocycles. The highest BCUT2D eigenvalue weighted by Gasteiger charge is 2.51. The van der Waals surface area contributed by atoms with E-state index in [2.05, 4.69) is 4.72 Å². The second-order valence-electron chi connectivity index (χ2n) is 6.99. The molecule has 2 aromatic rings. The lowest BCUT2D eigenvalue weighted by Gasteiger charge is -2.36. The summed E-state index contributed by atoms with van der Waals surface area (Å²) in [6.45, 7) is 6.69. The average molecular weight is 376 g/mol. The van der Waals surface area contributed by atoms with E-state index in [1.807, 2.05) is 12.1 Å². The summed E-state index contributed by atoms with van der Waals surface area (Å²) in [6.07, 6.45) is 0. The molecule has 0 unspecified atom stereocenters. The van der Waals surface area contributed by atoms with Gasteiger partial charge in [-0.1, -0.05) is 58.0 Å². The van der Waals surface area contributed by atoms with Crippen molar-refractivity contribution in [1.82, 2.24) is 4.72 Å². The Balaban J connectivity index is 2.46. The Labute approximate surface area is 153 Å². The fourth-order valence-electron chi connectivity index (χ4n) is 3.47. The van der Waals surface area contributed by atoms with E-state index < -0.39 is 39.1 Å². The highest BCUT2D eigenvalue weighted by atomic mass is 32.2. The van der Waals surface area contributed by atoms with Crippen molar-refractivity contribution in [3.8, 4) is 0 Å².